The van der Waals surface area contributed by atoms with Crippen LogP contribution in [0.5, 0.6) is 5.75 Å². The first kappa shape index (κ1) is 40.4. The normalized spacial score (nSPS) is 13.5. The van der Waals surface area contributed by atoms with E-state index in [1.54, 1.807) is 4.90 Å². The van der Waals surface area contributed by atoms with Gasteiger partial charge in [0.1, 0.15) is 11.9 Å². The van der Waals surface area contributed by atoms with E-state index in [9.17, 15) is 14.4 Å². The summed E-state index contributed by atoms with van der Waals surface area (Å²) in [6.45, 7) is 4.13. The van der Waals surface area contributed by atoms with Crippen LogP contribution in [0.4, 0.5) is 0 Å². The lowest BCUT2D eigenvalue weighted by molar-refractivity contribution is -0.150. The smallest absolute Gasteiger partial charge is 0.311 e. The van der Waals surface area contributed by atoms with Crippen molar-refractivity contribution in [3.63, 3.8) is 0 Å². The van der Waals surface area contributed by atoms with Gasteiger partial charge in [0.15, 0.2) is 0 Å². The zero-order valence-electron chi connectivity index (χ0n) is 32.4. The summed E-state index contributed by atoms with van der Waals surface area (Å²) < 4.78 is 11.4. The second-order valence-corrected chi connectivity index (χ2v) is 14.7. The van der Waals surface area contributed by atoms with Crippen molar-refractivity contribution in [1.29, 1.82) is 0 Å². The molecule has 54 heavy (non-hydrogen) atoms. The highest BCUT2D eigenvalue weighted by atomic mass is 16.5. The van der Waals surface area contributed by atoms with E-state index in [1.807, 2.05) is 79.8 Å². The van der Waals surface area contributed by atoms with Crippen LogP contribution < -0.4 is 4.74 Å². The lowest BCUT2D eigenvalue weighted by atomic mass is 9.98. The number of ether oxygens (including phenoxy) is 2. The summed E-state index contributed by atoms with van der Waals surface area (Å²) in [4.78, 5) is 44.5. The van der Waals surface area contributed by atoms with Gasteiger partial charge in [0, 0.05) is 45.2 Å². The molecule has 8 heteroatoms. The molecule has 0 saturated carbocycles. The van der Waals surface area contributed by atoms with Crippen LogP contribution in [0.15, 0.2) is 103 Å². The maximum absolute atomic E-state index is 13.2. The summed E-state index contributed by atoms with van der Waals surface area (Å²) in [5, 5.41) is 0. The quantitative estimate of drug-likeness (QED) is 0.0552. The van der Waals surface area contributed by atoms with Gasteiger partial charge in [0.2, 0.25) is 0 Å². The molecule has 1 fully saturated rings. The van der Waals surface area contributed by atoms with E-state index in [2.05, 4.69) is 54.2 Å². The molecule has 8 nitrogen and oxygen atoms in total. The van der Waals surface area contributed by atoms with Crippen molar-refractivity contribution in [2.24, 2.45) is 0 Å². The van der Waals surface area contributed by atoms with Crippen LogP contribution in [0.1, 0.15) is 72.0 Å². The first-order chi connectivity index (χ1) is 26.2. The summed E-state index contributed by atoms with van der Waals surface area (Å²) >= 11 is 0. The molecule has 1 aliphatic heterocycles. The molecule has 0 atom stereocenters. The molecule has 0 spiro atoms. The monoisotopic (exact) mass is 731 g/mol. The molecule has 0 bridgehead atoms. The number of benzene rings is 4. The molecule has 0 radical (unpaired) electrons. The number of aryl methyl sites for hydroxylation is 2. The Morgan fingerprint density at radius 2 is 1.33 bits per heavy atom. The number of carbonyl (C=O) groups excluding carboxylic acids is 3. The van der Waals surface area contributed by atoms with E-state index in [4.69, 9.17) is 9.47 Å². The van der Waals surface area contributed by atoms with E-state index < -0.39 is 0 Å². The van der Waals surface area contributed by atoms with Crippen molar-refractivity contribution >= 4 is 17.8 Å². The van der Waals surface area contributed by atoms with Gasteiger partial charge in [0.25, 0.3) is 5.91 Å². The summed E-state index contributed by atoms with van der Waals surface area (Å²) in [6.07, 6.45) is 8.01. The molecule has 1 heterocycles. The van der Waals surface area contributed by atoms with Crippen LogP contribution in [0.2, 0.25) is 0 Å². The van der Waals surface area contributed by atoms with Crippen LogP contribution in [-0.2, 0) is 33.6 Å². The highest BCUT2D eigenvalue weighted by molar-refractivity contribution is 5.94. The van der Waals surface area contributed by atoms with Gasteiger partial charge in [-0.3, -0.25) is 14.4 Å². The first-order valence-corrected chi connectivity index (χ1v) is 19.6. The summed E-state index contributed by atoms with van der Waals surface area (Å²) in [7, 11) is 5.98. The van der Waals surface area contributed by atoms with Crippen molar-refractivity contribution in [2.45, 2.75) is 70.3 Å². The Hall–Kier alpha value is -4.79. The molecule has 0 aliphatic carbocycles. The number of unbranched alkanes of at least 4 members (excludes halogenated alkanes) is 2. The lowest BCUT2D eigenvalue weighted by Gasteiger charge is -2.32. The van der Waals surface area contributed by atoms with Crippen molar-refractivity contribution in [3.05, 3.63) is 125 Å². The third-order valence-corrected chi connectivity index (χ3v) is 10.1. The molecule has 1 amide bonds. The number of likely N-dealkylation sites (tertiary alicyclic amines) is 1. The summed E-state index contributed by atoms with van der Waals surface area (Å²) in [5.74, 6) is 0.264. The highest BCUT2D eigenvalue weighted by Gasteiger charge is 2.23. The van der Waals surface area contributed by atoms with Crippen molar-refractivity contribution in [2.75, 3.05) is 53.9 Å². The average Bonchev–Trinajstić information content (AvgIpc) is 3.18. The fraction of sp³-hybridized carbons (Fsp3) is 0.413. The van der Waals surface area contributed by atoms with E-state index >= 15 is 0 Å². The standard InChI is InChI=1S/C46H57N3O5/c1-47(2)30-11-5-8-19-44(50)53-41-26-22-37(23-27-41)14-12-13-36-20-24-39(25-21-36)46(52)48(3)33-34-49-31-28-42(29-32-49)54-45(51)35-40-17-9-10-18-43(40)38-15-6-4-7-16-38/h4,6-7,9-10,15-18,20-27,42H,5,8,11-14,19,28-35H2,1-3H3. The summed E-state index contributed by atoms with van der Waals surface area (Å²) in [5.41, 5.74) is 6.24. The van der Waals surface area contributed by atoms with Crippen molar-refractivity contribution in [3.8, 4) is 16.9 Å². The van der Waals surface area contributed by atoms with Crippen molar-refractivity contribution < 1.29 is 23.9 Å². The van der Waals surface area contributed by atoms with Gasteiger partial charge in [-0.1, -0.05) is 85.3 Å². The molecule has 4 aromatic carbocycles. The average molecular weight is 732 g/mol. The lowest BCUT2D eigenvalue weighted by Crippen LogP contribution is -2.42. The van der Waals surface area contributed by atoms with Gasteiger partial charge >= 0.3 is 11.9 Å². The minimum atomic E-state index is -0.184. The number of hydrogen-bond donors (Lipinski definition) is 0. The maximum atomic E-state index is 13.2. The predicted molar refractivity (Wildman–Crippen MR) is 216 cm³/mol. The molecule has 0 unspecified atom stereocenters. The Balaban J connectivity index is 0.953. The Morgan fingerprint density at radius 1 is 0.685 bits per heavy atom. The van der Waals surface area contributed by atoms with E-state index in [1.165, 1.54) is 11.1 Å². The van der Waals surface area contributed by atoms with Crippen LogP contribution in [0.25, 0.3) is 11.1 Å². The van der Waals surface area contributed by atoms with Gasteiger partial charge in [-0.15, -0.1) is 0 Å². The number of amides is 1. The van der Waals surface area contributed by atoms with E-state index in [0.29, 0.717) is 24.3 Å². The second-order valence-electron chi connectivity index (χ2n) is 14.7. The number of hydrogen-bond acceptors (Lipinski definition) is 7. The molecule has 1 saturated heterocycles. The van der Waals surface area contributed by atoms with Crippen LogP contribution >= 0.6 is 0 Å². The zero-order valence-corrected chi connectivity index (χ0v) is 32.4. The minimum absolute atomic E-state index is 0.0197. The molecule has 4 aromatic rings. The van der Waals surface area contributed by atoms with Gasteiger partial charge in [-0.25, -0.2) is 0 Å². The molecule has 0 N–H and O–H groups in total. The maximum Gasteiger partial charge on any atom is 0.311 e. The van der Waals surface area contributed by atoms with E-state index in [0.717, 1.165) is 94.2 Å². The zero-order chi connectivity index (χ0) is 38.1. The number of nitrogens with zero attached hydrogens (tertiary/aromatic N) is 3. The highest BCUT2D eigenvalue weighted by Crippen LogP contribution is 2.25. The number of likely N-dealkylation sites (N-methyl/N-ethyl adjacent to an activating group) is 1. The number of piperidine rings is 1. The topological polar surface area (TPSA) is 79.4 Å². The van der Waals surface area contributed by atoms with Gasteiger partial charge in [0.05, 0.1) is 6.42 Å². The van der Waals surface area contributed by atoms with Gasteiger partial charge < -0.3 is 24.2 Å². The first-order valence-electron chi connectivity index (χ1n) is 19.6. The molecule has 0 aromatic heterocycles. The van der Waals surface area contributed by atoms with Crippen LogP contribution in [-0.4, -0.2) is 92.5 Å². The molecular formula is C46H57N3O5. The van der Waals surface area contributed by atoms with E-state index in [-0.39, 0.29) is 30.4 Å². The molecular weight excluding hydrogens is 675 g/mol. The fourth-order valence-corrected chi connectivity index (χ4v) is 6.91. The molecule has 5 rings (SSSR count). The van der Waals surface area contributed by atoms with Crippen molar-refractivity contribution in [1.82, 2.24) is 14.7 Å². The van der Waals surface area contributed by atoms with Gasteiger partial charge in [-0.2, -0.15) is 0 Å². The summed E-state index contributed by atoms with van der Waals surface area (Å²) in [6, 6.07) is 33.9. The molecule has 286 valence electrons. The largest absolute Gasteiger partial charge is 0.462 e. The van der Waals surface area contributed by atoms with Crippen LogP contribution in [0.3, 0.4) is 0 Å². The number of esters is 2. The predicted octanol–water partition coefficient (Wildman–Crippen LogP) is 7.88. The van der Waals surface area contributed by atoms with Gasteiger partial charge in [-0.05, 0) is 118 Å². The SMILES string of the molecule is CN(C)CCCCCC(=O)Oc1ccc(CCCc2ccc(C(=O)N(C)CCN3CCC(OC(=O)Cc4ccccc4-c4ccccc4)CC3)cc2)cc1. The Morgan fingerprint density at radius 3 is 2.02 bits per heavy atom. The number of rotatable bonds is 19. The third kappa shape index (κ3) is 13.3. The fourth-order valence-electron chi connectivity index (χ4n) is 6.91. The second kappa shape index (κ2) is 21.2. The minimum Gasteiger partial charge on any atom is -0.462 e. The Bertz CT molecular complexity index is 1750. The van der Waals surface area contributed by atoms with Crippen LogP contribution in [0, 0.1) is 0 Å². The molecule has 1 aliphatic rings. The number of carbonyl (C=O) groups is 3. The Labute approximate surface area is 322 Å². The Kier molecular flexibility index (Phi) is 15.9. The third-order valence-electron chi connectivity index (χ3n) is 10.1.